The highest BCUT2D eigenvalue weighted by Gasteiger charge is 2.26. The quantitative estimate of drug-likeness (QED) is 0.576. The Balaban J connectivity index is 1.71. The minimum absolute atomic E-state index is 0.0483. The first-order valence-corrected chi connectivity index (χ1v) is 8.03. The van der Waals surface area contributed by atoms with Crippen molar-refractivity contribution >= 4 is 22.9 Å². The Bertz CT molecular complexity index is 943. The van der Waals surface area contributed by atoms with Crippen LogP contribution in [0.1, 0.15) is 5.56 Å². The molecular formula is C19H15N5O2. The Morgan fingerprint density at radius 3 is 1.96 bits per heavy atom. The molecule has 7 nitrogen and oxygen atoms in total. The third-order valence-corrected chi connectivity index (χ3v) is 3.94. The van der Waals surface area contributed by atoms with Crippen molar-refractivity contribution in [2.24, 2.45) is 5.10 Å². The molecule has 0 bridgehead atoms. The van der Waals surface area contributed by atoms with Gasteiger partial charge in [-0.05, 0) is 36.4 Å². The van der Waals surface area contributed by atoms with Crippen molar-refractivity contribution in [1.82, 2.24) is 5.43 Å². The van der Waals surface area contributed by atoms with Gasteiger partial charge < -0.3 is 0 Å². The Labute approximate surface area is 149 Å². The Kier molecular flexibility index (Phi) is 3.95. The van der Waals surface area contributed by atoms with Gasteiger partial charge in [-0.25, -0.2) is 0 Å². The molecule has 0 unspecified atom stereocenters. The molecule has 4 rings (SSSR count). The van der Waals surface area contributed by atoms with Crippen LogP contribution in [0.25, 0.3) is 0 Å². The summed E-state index contributed by atoms with van der Waals surface area (Å²) < 4.78 is 0. The van der Waals surface area contributed by atoms with Crippen LogP contribution in [0.15, 0.2) is 90.0 Å². The Hall–Kier alpha value is -3.87. The highest BCUT2D eigenvalue weighted by molar-refractivity contribution is 6.02. The number of benzene rings is 3. The van der Waals surface area contributed by atoms with Crippen LogP contribution in [0.2, 0.25) is 0 Å². The number of hydrazine groups is 2. The van der Waals surface area contributed by atoms with E-state index in [4.69, 9.17) is 0 Å². The van der Waals surface area contributed by atoms with E-state index in [0.29, 0.717) is 5.84 Å². The second-order valence-electron chi connectivity index (χ2n) is 5.64. The number of rotatable bonds is 4. The number of nitrogens with one attached hydrogen (secondary N) is 1. The molecule has 0 atom stereocenters. The van der Waals surface area contributed by atoms with Gasteiger partial charge >= 0.3 is 0 Å². The van der Waals surface area contributed by atoms with Gasteiger partial charge in [-0.3, -0.25) is 15.5 Å². The third-order valence-electron chi connectivity index (χ3n) is 3.94. The van der Waals surface area contributed by atoms with E-state index in [1.54, 1.807) is 17.3 Å². The summed E-state index contributed by atoms with van der Waals surface area (Å²) >= 11 is 0. The molecule has 0 saturated carbocycles. The number of amidine groups is 1. The number of nitro groups is 1. The molecular weight excluding hydrogens is 330 g/mol. The van der Waals surface area contributed by atoms with Crippen molar-refractivity contribution in [2.45, 2.75) is 0 Å². The van der Waals surface area contributed by atoms with Crippen LogP contribution >= 0.6 is 0 Å². The van der Waals surface area contributed by atoms with Crippen LogP contribution in [0.4, 0.5) is 17.1 Å². The Morgan fingerprint density at radius 1 is 0.808 bits per heavy atom. The van der Waals surface area contributed by atoms with E-state index in [1.165, 1.54) is 12.1 Å². The predicted octanol–water partition coefficient (Wildman–Crippen LogP) is 3.70. The second-order valence-corrected chi connectivity index (χ2v) is 5.64. The molecule has 1 aliphatic heterocycles. The van der Waals surface area contributed by atoms with Gasteiger partial charge in [-0.15, -0.1) is 5.10 Å². The molecule has 0 spiro atoms. The smallest absolute Gasteiger partial charge is 0.259 e. The first kappa shape index (κ1) is 15.6. The maximum Gasteiger partial charge on any atom is 0.269 e. The number of hydrazone groups is 1. The average Bonchev–Trinajstić information content (AvgIpc) is 3.15. The van der Waals surface area contributed by atoms with Crippen LogP contribution in [0.3, 0.4) is 0 Å². The maximum absolute atomic E-state index is 10.9. The van der Waals surface area contributed by atoms with Gasteiger partial charge in [0.05, 0.1) is 16.3 Å². The van der Waals surface area contributed by atoms with E-state index in [-0.39, 0.29) is 5.69 Å². The van der Waals surface area contributed by atoms with Crippen molar-refractivity contribution in [3.05, 3.63) is 101 Å². The SMILES string of the molecule is O=[N+]([O-])c1ccc(C2=NN(c3ccccc3)N(c3ccccc3)N2)cc1. The molecule has 0 saturated heterocycles. The molecule has 0 aromatic heterocycles. The number of non-ortho nitro benzene ring substituents is 1. The standard InChI is InChI=1S/C19H15N5O2/c25-24(26)18-13-11-15(12-14-18)19-20-22(16-7-3-1-4-8-16)23(21-19)17-9-5-2-6-10-17/h1-14H,(H,20,21). The van der Waals surface area contributed by atoms with Crippen molar-refractivity contribution in [1.29, 1.82) is 0 Å². The summed E-state index contributed by atoms with van der Waals surface area (Å²) in [4.78, 5) is 10.4. The Morgan fingerprint density at radius 2 is 1.38 bits per heavy atom. The van der Waals surface area contributed by atoms with Crippen molar-refractivity contribution < 1.29 is 4.92 Å². The van der Waals surface area contributed by atoms with Crippen LogP contribution in [0.5, 0.6) is 0 Å². The zero-order valence-electron chi connectivity index (χ0n) is 13.7. The fraction of sp³-hybridized carbons (Fsp3) is 0. The molecule has 1 heterocycles. The van der Waals surface area contributed by atoms with E-state index in [2.05, 4.69) is 10.5 Å². The third kappa shape index (κ3) is 2.93. The van der Waals surface area contributed by atoms with Gasteiger partial charge in [-0.1, -0.05) is 36.4 Å². The van der Waals surface area contributed by atoms with Crippen molar-refractivity contribution in [2.75, 3.05) is 10.2 Å². The zero-order valence-corrected chi connectivity index (χ0v) is 13.7. The number of anilines is 2. The molecule has 7 heteroatoms. The fourth-order valence-corrected chi connectivity index (χ4v) is 2.65. The predicted molar refractivity (Wildman–Crippen MR) is 101 cm³/mol. The molecule has 1 aliphatic rings. The van der Waals surface area contributed by atoms with Crippen molar-refractivity contribution in [3.63, 3.8) is 0 Å². The molecule has 0 amide bonds. The summed E-state index contributed by atoms with van der Waals surface area (Å²) in [7, 11) is 0. The van der Waals surface area contributed by atoms with E-state index < -0.39 is 4.92 Å². The topological polar surface area (TPSA) is 74.0 Å². The molecule has 0 aliphatic carbocycles. The molecule has 3 aromatic carbocycles. The van der Waals surface area contributed by atoms with Gasteiger partial charge in [0.1, 0.15) is 0 Å². The lowest BCUT2D eigenvalue weighted by molar-refractivity contribution is -0.384. The average molecular weight is 345 g/mol. The number of nitrogens with zero attached hydrogens (tertiary/aromatic N) is 4. The molecule has 3 aromatic rings. The highest BCUT2D eigenvalue weighted by Crippen LogP contribution is 2.25. The molecule has 26 heavy (non-hydrogen) atoms. The number of para-hydroxylation sites is 2. The number of hydrogen-bond donors (Lipinski definition) is 1. The van der Waals surface area contributed by atoms with E-state index in [1.807, 2.05) is 65.8 Å². The normalized spacial score (nSPS) is 13.3. The van der Waals surface area contributed by atoms with Gasteiger partial charge in [-0.2, -0.15) is 10.2 Å². The summed E-state index contributed by atoms with van der Waals surface area (Å²) in [6, 6.07) is 25.8. The van der Waals surface area contributed by atoms with Crippen LogP contribution in [0, 0.1) is 10.1 Å². The summed E-state index contributed by atoms with van der Waals surface area (Å²) in [5.41, 5.74) is 5.87. The molecule has 0 radical (unpaired) electrons. The summed E-state index contributed by atoms with van der Waals surface area (Å²) in [5, 5.41) is 19.1. The van der Waals surface area contributed by atoms with Crippen LogP contribution in [-0.4, -0.2) is 10.8 Å². The van der Waals surface area contributed by atoms with E-state index in [9.17, 15) is 10.1 Å². The molecule has 0 fully saturated rings. The lowest BCUT2D eigenvalue weighted by Crippen LogP contribution is -2.44. The lowest BCUT2D eigenvalue weighted by Gasteiger charge is -2.27. The van der Waals surface area contributed by atoms with Gasteiger partial charge in [0.2, 0.25) is 0 Å². The summed E-state index contributed by atoms with van der Waals surface area (Å²) in [5.74, 6) is 0.604. The van der Waals surface area contributed by atoms with Crippen LogP contribution in [-0.2, 0) is 0 Å². The van der Waals surface area contributed by atoms with Gasteiger partial charge in [0.15, 0.2) is 5.84 Å². The number of hydrogen-bond acceptors (Lipinski definition) is 6. The minimum atomic E-state index is -0.416. The molecule has 1 N–H and O–H groups in total. The largest absolute Gasteiger partial charge is 0.269 e. The summed E-state index contributed by atoms with van der Waals surface area (Å²) in [6.07, 6.45) is 0. The van der Waals surface area contributed by atoms with Crippen molar-refractivity contribution in [3.8, 4) is 0 Å². The maximum atomic E-state index is 10.9. The van der Waals surface area contributed by atoms with Gasteiger partial charge in [0, 0.05) is 17.7 Å². The van der Waals surface area contributed by atoms with Crippen LogP contribution < -0.4 is 15.7 Å². The lowest BCUT2D eigenvalue weighted by atomic mass is 10.2. The first-order chi connectivity index (χ1) is 12.7. The van der Waals surface area contributed by atoms with E-state index >= 15 is 0 Å². The monoisotopic (exact) mass is 345 g/mol. The first-order valence-electron chi connectivity index (χ1n) is 8.03. The summed E-state index contributed by atoms with van der Waals surface area (Å²) in [6.45, 7) is 0. The second kappa shape index (κ2) is 6.56. The van der Waals surface area contributed by atoms with E-state index in [0.717, 1.165) is 16.9 Å². The zero-order chi connectivity index (χ0) is 17.9. The molecule has 128 valence electrons. The number of nitro benzene ring substituents is 1. The highest BCUT2D eigenvalue weighted by atomic mass is 16.6. The van der Waals surface area contributed by atoms with Gasteiger partial charge in [0.25, 0.3) is 5.69 Å². The fourth-order valence-electron chi connectivity index (χ4n) is 2.65. The minimum Gasteiger partial charge on any atom is -0.259 e.